The molecule has 37 heavy (non-hydrogen) atoms. The number of carbonyl (C=O) groups excluding carboxylic acids is 2. The molecule has 0 radical (unpaired) electrons. The molecule has 10 heteroatoms. The van der Waals surface area contributed by atoms with Crippen LogP contribution in [-0.4, -0.2) is 55.7 Å². The highest BCUT2D eigenvalue weighted by Crippen LogP contribution is 2.20. The SMILES string of the molecule is CCOCCCN(CC(=O)N(Cc1ccccc1)Cc1ccco1)S(=O)(=O)c1ccc(NC(C)=O)cc1. The first-order valence-electron chi connectivity index (χ1n) is 12.1. The molecule has 0 bridgehead atoms. The van der Waals surface area contributed by atoms with Crippen LogP contribution in [0.15, 0.2) is 82.3 Å². The van der Waals surface area contributed by atoms with Gasteiger partial charge in [0.05, 0.1) is 24.2 Å². The summed E-state index contributed by atoms with van der Waals surface area (Å²) in [5, 5.41) is 2.62. The zero-order valence-electron chi connectivity index (χ0n) is 21.1. The molecule has 0 saturated heterocycles. The summed E-state index contributed by atoms with van der Waals surface area (Å²) >= 11 is 0. The van der Waals surface area contributed by atoms with E-state index in [-0.39, 0.29) is 36.3 Å². The molecule has 1 aromatic heterocycles. The van der Waals surface area contributed by atoms with Gasteiger partial charge in [0.15, 0.2) is 0 Å². The van der Waals surface area contributed by atoms with Gasteiger partial charge in [0.1, 0.15) is 5.76 Å². The van der Waals surface area contributed by atoms with Crippen LogP contribution in [0.4, 0.5) is 5.69 Å². The molecule has 0 atom stereocenters. The molecule has 0 fully saturated rings. The van der Waals surface area contributed by atoms with Crippen molar-refractivity contribution in [2.75, 3.05) is 31.6 Å². The molecule has 0 saturated carbocycles. The summed E-state index contributed by atoms with van der Waals surface area (Å²) in [6.07, 6.45) is 1.97. The van der Waals surface area contributed by atoms with E-state index in [9.17, 15) is 18.0 Å². The Morgan fingerprint density at radius 1 is 0.973 bits per heavy atom. The van der Waals surface area contributed by atoms with Gasteiger partial charge in [-0.1, -0.05) is 30.3 Å². The highest BCUT2D eigenvalue weighted by molar-refractivity contribution is 7.89. The van der Waals surface area contributed by atoms with Crippen molar-refractivity contribution in [2.45, 2.75) is 38.3 Å². The number of benzene rings is 2. The minimum absolute atomic E-state index is 0.0338. The summed E-state index contributed by atoms with van der Waals surface area (Å²) in [6, 6.07) is 18.9. The van der Waals surface area contributed by atoms with E-state index >= 15 is 0 Å². The van der Waals surface area contributed by atoms with Crippen molar-refractivity contribution in [3.8, 4) is 0 Å². The summed E-state index contributed by atoms with van der Waals surface area (Å²) in [4.78, 5) is 26.4. The van der Waals surface area contributed by atoms with E-state index in [0.29, 0.717) is 37.6 Å². The molecule has 3 aromatic rings. The van der Waals surface area contributed by atoms with Crippen LogP contribution in [0.25, 0.3) is 0 Å². The van der Waals surface area contributed by atoms with Crippen LogP contribution >= 0.6 is 0 Å². The number of carbonyl (C=O) groups is 2. The first-order chi connectivity index (χ1) is 17.8. The van der Waals surface area contributed by atoms with Gasteiger partial charge in [-0.05, 0) is 55.3 Å². The molecule has 3 rings (SSSR count). The van der Waals surface area contributed by atoms with Gasteiger partial charge < -0.3 is 19.4 Å². The third-order valence-corrected chi connectivity index (χ3v) is 7.38. The number of hydrogen-bond acceptors (Lipinski definition) is 6. The molecule has 1 heterocycles. The second-order valence-corrected chi connectivity index (χ2v) is 10.3. The molecule has 0 spiro atoms. The molecule has 2 amide bonds. The van der Waals surface area contributed by atoms with Gasteiger partial charge in [-0.15, -0.1) is 0 Å². The van der Waals surface area contributed by atoms with E-state index in [4.69, 9.17) is 9.15 Å². The fourth-order valence-corrected chi connectivity index (χ4v) is 5.14. The Morgan fingerprint density at radius 3 is 2.32 bits per heavy atom. The Morgan fingerprint density at radius 2 is 1.70 bits per heavy atom. The molecule has 1 N–H and O–H groups in total. The van der Waals surface area contributed by atoms with Crippen molar-refractivity contribution in [2.24, 2.45) is 0 Å². The van der Waals surface area contributed by atoms with E-state index in [1.54, 1.807) is 17.0 Å². The highest BCUT2D eigenvalue weighted by atomic mass is 32.2. The number of sulfonamides is 1. The summed E-state index contributed by atoms with van der Waals surface area (Å²) < 4.78 is 39.2. The normalized spacial score (nSPS) is 11.4. The van der Waals surface area contributed by atoms with Crippen molar-refractivity contribution in [1.82, 2.24) is 9.21 Å². The molecule has 9 nitrogen and oxygen atoms in total. The zero-order chi connectivity index (χ0) is 26.7. The topological polar surface area (TPSA) is 109 Å². The van der Waals surface area contributed by atoms with Gasteiger partial charge >= 0.3 is 0 Å². The van der Waals surface area contributed by atoms with E-state index in [0.717, 1.165) is 5.56 Å². The quantitative estimate of drug-likeness (QED) is 0.319. The number of rotatable bonds is 14. The van der Waals surface area contributed by atoms with Crippen molar-refractivity contribution in [1.29, 1.82) is 0 Å². The first kappa shape index (κ1) is 28.1. The van der Waals surface area contributed by atoms with Gasteiger partial charge in [-0.25, -0.2) is 8.42 Å². The maximum atomic E-state index is 13.6. The summed E-state index contributed by atoms with van der Waals surface area (Å²) in [7, 11) is -4.00. The van der Waals surface area contributed by atoms with Crippen LogP contribution in [0.1, 0.15) is 31.6 Å². The predicted octanol–water partition coefficient (Wildman–Crippen LogP) is 3.88. The van der Waals surface area contributed by atoms with Crippen LogP contribution in [0.2, 0.25) is 0 Å². The minimum Gasteiger partial charge on any atom is -0.467 e. The average Bonchev–Trinajstić information content (AvgIpc) is 3.39. The molecule has 2 aromatic carbocycles. The number of hydrogen-bond donors (Lipinski definition) is 1. The Kier molecular flexibility index (Phi) is 10.4. The third-order valence-electron chi connectivity index (χ3n) is 5.52. The monoisotopic (exact) mass is 527 g/mol. The summed E-state index contributed by atoms with van der Waals surface area (Å²) in [5.41, 5.74) is 1.40. The maximum absolute atomic E-state index is 13.6. The number of nitrogens with zero attached hydrogens (tertiary/aromatic N) is 2. The molecule has 0 aliphatic rings. The first-order valence-corrected chi connectivity index (χ1v) is 13.5. The van der Waals surface area contributed by atoms with E-state index in [2.05, 4.69) is 5.32 Å². The van der Waals surface area contributed by atoms with Gasteiger partial charge in [0.25, 0.3) is 0 Å². The average molecular weight is 528 g/mol. The number of anilines is 1. The number of ether oxygens (including phenoxy) is 1. The lowest BCUT2D eigenvalue weighted by Gasteiger charge is -2.27. The third kappa shape index (κ3) is 8.56. The lowest BCUT2D eigenvalue weighted by molar-refractivity contribution is -0.133. The van der Waals surface area contributed by atoms with Crippen molar-refractivity contribution >= 4 is 27.5 Å². The molecular formula is C27H33N3O6S. The van der Waals surface area contributed by atoms with E-state index in [1.807, 2.05) is 37.3 Å². The zero-order valence-corrected chi connectivity index (χ0v) is 21.9. The summed E-state index contributed by atoms with van der Waals surface area (Å²) in [6.45, 7) is 4.42. The number of nitrogens with one attached hydrogen (secondary N) is 1. The fraction of sp³-hybridized carbons (Fsp3) is 0.333. The second-order valence-electron chi connectivity index (χ2n) is 8.41. The van der Waals surface area contributed by atoms with Crippen molar-refractivity contribution in [3.63, 3.8) is 0 Å². The van der Waals surface area contributed by atoms with Gasteiger partial charge in [0.2, 0.25) is 21.8 Å². The van der Waals surface area contributed by atoms with Gasteiger partial charge in [0, 0.05) is 38.9 Å². The molecule has 0 aliphatic heterocycles. The largest absolute Gasteiger partial charge is 0.467 e. The number of furan rings is 1. The van der Waals surface area contributed by atoms with Crippen LogP contribution in [0.3, 0.4) is 0 Å². The van der Waals surface area contributed by atoms with E-state index in [1.165, 1.54) is 41.8 Å². The Labute approximate surface area is 218 Å². The Bertz CT molecular complexity index is 1230. The van der Waals surface area contributed by atoms with Crippen LogP contribution in [0.5, 0.6) is 0 Å². The van der Waals surface area contributed by atoms with Crippen molar-refractivity contribution < 1.29 is 27.2 Å². The predicted molar refractivity (Wildman–Crippen MR) is 140 cm³/mol. The minimum atomic E-state index is -4.00. The number of amides is 2. The Balaban J connectivity index is 1.83. The van der Waals surface area contributed by atoms with Gasteiger partial charge in [-0.2, -0.15) is 4.31 Å². The standard InChI is InChI=1S/C27H33N3O6S/c1-3-35-17-8-16-30(37(33,34)26-14-12-24(13-15-26)28-22(2)31)21-27(32)29(20-25-11-7-18-36-25)19-23-9-5-4-6-10-23/h4-7,9-15,18H,3,8,16-17,19-21H2,1-2H3,(H,28,31). The fourth-order valence-electron chi connectivity index (χ4n) is 3.71. The lowest BCUT2D eigenvalue weighted by atomic mass is 10.2. The smallest absolute Gasteiger partial charge is 0.243 e. The maximum Gasteiger partial charge on any atom is 0.243 e. The molecule has 0 unspecified atom stereocenters. The molecule has 0 aliphatic carbocycles. The second kappa shape index (κ2) is 13.7. The van der Waals surface area contributed by atoms with Crippen LogP contribution in [0, 0.1) is 0 Å². The molecule has 198 valence electrons. The van der Waals surface area contributed by atoms with Gasteiger partial charge in [-0.3, -0.25) is 9.59 Å². The lowest BCUT2D eigenvalue weighted by Crippen LogP contribution is -2.43. The van der Waals surface area contributed by atoms with Crippen LogP contribution in [-0.2, 0) is 37.4 Å². The molecular weight excluding hydrogens is 494 g/mol. The van der Waals surface area contributed by atoms with Crippen molar-refractivity contribution in [3.05, 3.63) is 84.3 Å². The highest BCUT2D eigenvalue weighted by Gasteiger charge is 2.29. The van der Waals surface area contributed by atoms with E-state index < -0.39 is 10.0 Å². The van der Waals surface area contributed by atoms with Crippen LogP contribution < -0.4 is 5.32 Å². The Hall–Kier alpha value is -3.47. The summed E-state index contributed by atoms with van der Waals surface area (Å²) in [5.74, 6) is -0.00693.